The maximum atomic E-state index is 11.4. The summed E-state index contributed by atoms with van der Waals surface area (Å²) in [5, 5.41) is 11.4. The molecule has 0 saturated carbocycles. The average molecular weight is 431 g/mol. The Hall–Kier alpha value is -2.54. The Labute approximate surface area is 165 Å². The van der Waals surface area contributed by atoms with Crippen LogP contribution in [0, 0.1) is 10.1 Å². The number of fused-ring (bicyclic) bond motifs is 2. The number of nitrogens with zero attached hydrogens (tertiary/aromatic N) is 2. The van der Waals surface area contributed by atoms with E-state index in [0.717, 1.165) is 5.69 Å². The fraction of sp³-hybridized carbons (Fsp3) is 0.300. The predicted molar refractivity (Wildman–Crippen MR) is 108 cm³/mol. The maximum Gasteiger partial charge on any atom is 0.313 e. The quantitative estimate of drug-likeness (QED) is 0.500. The maximum absolute atomic E-state index is 11.4. The van der Waals surface area contributed by atoms with Gasteiger partial charge in [-0.1, -0.05) is 18.2 Å². The third kappa shape index (κ3) is 2.18. The molecule has 7 heteroatoms. The van der Waals surface area contributed by atoms with Gasteiger partial charge in [0.25, 0.3) is 0 Å². The van der Waals surface area contributed by atoms with Crippen LogP contribution in [0.2, 0.25) is 0 Å². The lowest BCUT2D eigenvalue weighted by molar-refractivity contribution is -0.385. The lowest BCUT2D eigenvalue weighted by Gasteiger charge is -2.46. The van der Waals surface area contributed by atoms with Crippen molar-refractivity contribution in [3.63, 3.8) is 0 Å². The predicted octanol–water partition coefficient (Wildman–Crippen LogP) is 4.90. The Bertz CT molecular complexity index is 1000. The lowest BCUT2D eigenvalue weighted by Crippen LogP contribution is -2.58. The summed E-state index contributed by atoms with van der Waals surface area (Å²) in [7, 11) is 3.41. The highest BCUT2D eigenvalue weighted by atomic mass is 79.9. The molecule has 2 aliphatic rings. The zero-order chi connectivity index (χ0) is 19.6. The highest BCUT2D eigenvalue weighted by Crippen LogP contribution is 2.56. The van der Waals surface area contributed by atoms with Gasteiger partial charge >= 0.3 is 5.69 Å². The Balaban J connectivity index is 1.92. The second kappa shape index (κ2) is 5.73. The second-order valence-electron chi connectivity index (χ2n) is 7.25. The molecule has 1 atom stereocenters. The number of rotatable bonds is 2. The topological polar surface area (TPSA) is 64.8 Å². The van der Waals surface area contributed by atoms with Crippen LogP contribution < -0.4 is 14.4 Å². The van der Waals surface area contributed by atoms with Crippen LogP contribution in [-0.2, 0) is 5.41 Å². The first-order valence-corrected chi connectivity index (χ1v) is 9.30. The highest BCUT2D eigenvalue weighted by molar-refractivity contribution is 9.10. The van der Waals surface area contributed by atoms with E-state index in [9.17, 15) is 10.1 Å². The number of halogens is 1. The van der Waals surface area contributed by atoms with Gasteiger partial charge in [-0.15, -0.1) is 0 Å². The molecule has 2 aliphatic heterocycles. The van der Waals surface area contributed by atoms with Crippen LogP contribution in [0.5, 0.6) is 11.5 Å². The number of methoxy groups -OCH3 is 1. The lowest BCUT2D eigenvalue weighted by atomic mass is 9.76. The third-order valence-electron chi connectivity index (χ3n) is 5.67. The van der Waals surface area contributed by atoms with Crippen LogP contribution in [0.3, 0.4) is 0 Å². The zero-order valence-corrected chi connectivity index (χ0v) is 17.0. The van der Waals surface area contributed by atoms with Gasteiger partial charge in [-0.05, 0) is 53.6 Å². The number of ether oxygens (including phenoxy) is 2. The number of anilines is 1. The van der Waals surface area contributed by atoms with E-state index < -0.39 is 10.6 Å². The van der Waals surface area contributed by atoms with Crippen molar-refractivity contribution in [1.82, 2.24) is 0 Å². The number of nitro benzene ring substituents is 1. The molecule has 0 saturated heterocycles. The fourth-order valence-electron chi connectivity index (χ4n) is 4.17. The molecule has 2 heterocycles. The summed E-state index contributed by atoms with van der Waals surface area (Å²) in [5.74, 6) is 0.688. The summed E-state index contributed by atoms with van der Waals surface area (Å²) < 4.78 is 12.3. The summed E-state index contributed by atoms with van der Waals surface area (Å²) in [5.41, 5.74) is 1.72. The standard InChI is InChI=1S/C20H19BrN2O4/c1-19(2)13-7-5-6-8-14(13)22(3)20(19)10-9-12-11-15(23(24)25)18(26-4)16(21)17(12)27-20/h5-11H,1-4H3/t20-/m1/s1. The van der Waals surface area contributed by atoms with Crippen LogP contribution in [-0.4, -0.2) is 24.8 Å². The van der Waals surface area contributed by atoms with Crippen LogP contribution in [0.25, 0.3) is 6.08 Å². The Morgan fingerprint density at radius 3 is 2.63 bits per heavy atom. The van der Waals surface area contributed by atoms with E-state index >= 15 is 0 Å². The summed E-state index contributed by atoms with van der Waals surface area (Å²) in [6.07, 6.45) is 3.87. The van der Waals surface area contributed by atoms with Crippen molar-refractivity contribution >= 4 is 33.4 Å². The minimum atomic E-state index is -0.757. The van der Waals surface area contributed by atoms with Gasteiger partial charge in [0.1, 0.15) is 10.2 Å². The van der Waals surface area contributed by atoms with Gasteiger partial charge < -0.3 is 14.4 Å². The van der Waals surface area contributed by atoms with E-state index in [-0.39, 0.29) is 16.9 Å². The van der Waals surface area contributed by atoms with Crippen molar-refractivity contribution in [1.29, 1.82) is 0 Å². The van der Waals surface area contributed by atoms with Crippen molar-refractivity contribution in [2.24, 2.45) is 0 Å². The first-order chi connectivity index (χ1) is 12.7. The van der Waals surface area contributed by atoms with Crippen molar-refractivity contribution in [2.75, 3.05) is 19.1 Å². The summed E-state index contributed by atoms with van der Waals surface area (Å²) in [6.45, 7) is 4.28. The van der Waals surface area contributed by atoms with Crippen LogP contribution in [0.1, 0.15) is 25.0 Å². The molecule has 1 spiro atoms. The van der Waals surface area contributed by atoms with Gasteiger partial charge in [0.2, 0.25) is 11.5 Å². The molecule has 0 amide bonds. The van der Waals surface area contributed by atoms with Crippen molar-refractivity contribution in [3.8, 4) is 11.5 Å². The number of hydrogen-bond acceptors (Lipinski definition) is 5. The minimum absolute atomic E-state index is 0.102. The summed E-state index contributed by atoms with van der Waals surface area (Å²) in [6, 6.07) is 9.70. The number of para-hydroxylation sites is 1. The van der Waals surface area contributed by atoms with Crippen molar-refractivity contribution in [2.45, 2.75) is 25.0 Å². The van der Waals surface area contributed by atoms with E-state index in [1.54, 1.807) is 0 Å². The molecule has 0 aliphatic carbocycles. The fourth-order valence-corrected chi connectivity index (χ4v) is 4.85. The van der Waals surface area contributed by atoms with Crippen molar-refractivity contribution in [3.05, 3.63) is 62.1 Å². The molecule has 2 aromatic carbocycles. The molecule has 0 N–H and O–H groups in total. The largest absolute Gasteiger partial charge is 0.489 e. The minimum Gasteiger partial charge on any atom is -0.489 e. The molecule has 0 aromatic heterocycles. The first-order valence-electron chi connectivity index (χ1n) is 8.51. The Morgan fingerprint density at radius 1 is 1.30 bits per heavy atom. The van der Waals surface area contributed by atoms with E-state index in [1.807, 2.05) is 31.3 Å². The SMILES string of the molecule is COc1c([N+](=O)[O-])cc2c(c1Br)O[C@@]1(C=C2)N(C)c2ccccc2C1(C)C. The average Bonchev–Trinajstić information content (AvgIpc) is 2.81. The smallest absolute Gasteiger partial charge is 0.313 e. The van der Waals surface area contributed by atoms with Crippen LogP contribution >= 0.6 is 15.9 Å². The van der Waals surface area contributed by atoms with Crippen LogP contribution in [0.4, 0.5) is 11.4 Å². The van der Waals surface area contributed by atoms with Crippen molar-refractivity contribution < 1.29 is 14.4 Å². The highest BCUT2D eigenvalue weighted by Gasteiger charge is 2.58. The van der Waals surface area contributed by atoms with E-state index in [2.05, 4.69) is 46.8 Å². The summed E-state index contributed by atoms with van der Waals surface area (Å²) >= 11 is 3.46. The van der Waals surface area contributed by atoms with Crippen LogP contribution in [0.15, 0.2) is 40.9 Å². The zero-order valence-electron chi connectivity index (χ0n) is 15.4. The molecule has 0 unspecified atom stereocenters. The molecule has 0 fully saturated rings. The van der Waals surface area contributed by atoms with Gasteiger partial charge in [0.15, 0.2) is 0 Å². The number of hydrogen-bond donors (Lipinski definition) is 0. The van der Waals surface area contributed by atoms with E-state index in [4.69, 9.17) is 9.47 Å². The normalized spacial score (nSPS) is 21.6. The molecule has 4 rings (SSSR count). The monoisotopic (exact) mass is 430 g/mol. The number of likely N-dealkylation sites (N-methyl/N-ethyl adjacent to an activating group) is 1. The molecular weight excluding hydrogens is 412 g/mol. The van der Waals surface area contributed by atoms with Gasteiger partial charge in [0.05, 0.1) is 17.4 Å². The number of benzene rings is 2. The third-order valence-corrected chi connectivity index (χ3v) is 6.39. The molecule has 140 valence electrons. The van der Waals surface area contributed by atoms with Gasteiger partial charge in [-0.3, -0.25) is 10.1 Å². The molecule has 27 heavy (non-hydrogen) atoms. The van der Waals surface area contributed by atoms with Gasteiger partial charge in [-0.2, -0.15) is 0 Å². The Kier molecular flexibility index (Phi) is 3.79. The van der Waals surface area contributed by atoms with E-state index in [1.165, 1.54) is 18.7 Å². The Morgan fingerprint density at radius 2 is 2.00 bits per heavy atom. The van der Waals surface area contributed by atoms with Gasteiger partial charge in [0, 0.05) is 24.4 Å². The summed E-state index contributed by atoms with van der Waals surface area (Å²) in [4.78, 5) is 13.1. The van der Waals surface area contributed by atoms with E-state index in [0.29, 0.717) is 15.8 Å². The first kappa shape index (κ1) is 17.9. The molecule has 0 bridgehead atoms. The van der Waals surface area contributed by atoms with Gasteiger partial charge in [-0.25, -0.2) is 0 Å². The number of nitro groups is 1. The second-order valence-corrected chi connectivity index (χ2v) is 8.04. The molecule has 2 aromatic rings. The molecule has 0 radical (unpaired) electrons. The molecular formula is C20H19BrN2O4. The molecule has 6 nitrogen and oxygen atoms in total.